The quantitative estimate of drug-likeness (QED) is 0.594. The lowest BCUT2D eigenvalue weighted by Crippen LogP contribution is -1.96. The van der Waals surface area contributed by atoms with Crippen LogP contribution in [0.2, 0.25) is 0 Å². The van der Waals surface area contributed by atoms with Gasteiger partial charge in [-0.1, -0.05) is 12.2 Å². The van der Waals surface area contributed by atoms with E-state index in [0.29, 0.717) is 11.3 Å². The van der Waals surface area contributed by atoms with Crippen molar-refractivity contribution < 1.29 is 4.42 Å². The van der Waals surface area contributed by atoms with Crippen LogP contribution in [0.3, 0.4) is 0 Å². The summed E-state index contributed by atoms with van der Waals surface area (Å²) in [5, 5.41) is 9.09. The van der Waals surface area contributed by atoms with Crippen LogP contribution in [0.15, 0.2) is 22.8 Å². The number of furan rings is 1. The Bertz CT molecular complexity index is 701. The number of nitrogens with zero attached hydrogens (tertiary/aromatic N) is 2. The summed E-state index contributed by atoms with van der Waals surface area (Å²) in [6.45, 7) is 7.11. The fourth-order valence-corrected chi connectivity index (χ4v) is 1.75. The number of nitrogens with two attached hydrogens (primary N) is 1. The maximum absolute atomic E-state index is 9.09. The molecular formula is C11H6N4OS. The van der Waals surface area contributed by atoms with Crippen molar-refractivity contribution in [3.05, 3.63) is 40.0 Å². The number of hydrogen-bond donors (Lipinski definition) is 2. The molecule has 0 saturated heterocycles. The predicted molar refractivity (Wildman–Crippen MR) is 64.7 cm³/mol. The van der Waals surface area contributed by atoms with Gasteiger partial charge >= 0.3 is 0 Å². The first-order valence-corrected chi connectivity index (χ1v) is 4.97. The highest BCUT2D eigenvalue weighted by molar-refractivity contribution is 7.71. The summed E-state index contributed by atoms with van der Waals surface area (Å²) in [5.41, 5.74) is 6.35. The van der Waals surface area contributed by atoms with E-state index in [0.717, 1.165) is 0 Å². The molecule has 5 nitrogen and oxygen atoms in total. The molecule has 0 aliphatic heterocycles. The zero-order valence-corrected chi connectivity index (χ0v) is 9.34. The highest BCUT2D eigenvalue weighted by atomic mass is 32.1. The number of aromatic amines is 1. The minimum absolute atomic E-state index is 0.135. The van der Waals surface area contributed by atoms with E-state index in [2.05, 4.69) is 9.83 Å². The lowest BCUT2D eigenvalue weighted by molar-refractivity contribution is 0.582. The van der Waals surface area contributed by atoms with E-state index in [1.807, 2.05) is 6.07 Å². The molecule has 2 rings (SSSR count). The van der Waals surface area contributed by atoms with Gasteiger partial charge in [-0.05, 0) is 12.1 Å². The number of rotatable bonds is 1. The molecular weight excluding hydrogens is 236 g/mol. The molecule has 0 bridgehead atoms. The van der Waals surface area contributed by atoms with Gasteiger partial charge in [-0.25, -0.2) is 4.85 Å². The lowest BCUT2D eigenvalue weighted by atomic mass is 10.1. The topological polar surface area (TPSA) is 83.1 Å². The zero-order chi connectivity index (χ0) is 12.4. The van der Waals surface area contributed by atoms with E-state index in [1.165, 1.54) is 6.26 Å². The van der Waals surface area contributed by atoms with Crippen molar-refractivity contribution in [2.24, 2.45) is 0 Å². The molecule has 0 unspecified atom stereocenters. The van der Waals surface area contributed by atoms with Gasteiger partial charge in [-0.2, -0.15) is 5.26 Å². The van der Waals surface area contributed by atoms with E-state index in [1.54, 1.807) is 12.1 Å². The first kappa shape index (κ1) is 10.9. The van der Waals surface area contributed by atoms with Crippen LogP contribution in [0.4, 0.5) is 11.5 Å². The molecule has 0 aliphatic rings. The van der Waals surface area contributed by atoms with Crippen LogP contribution in [0.25, 0.3) is 16.2 Å². The monoisotopic (exact) mass is 242 g/mol. The van der Waals surface area contributed by atoms with Crippen LogP contribution in [-0.2, 0) is 0 Å². The molecule has 0 atom stereocenters. The van der Waals surface area contributed by atoms with Gasteiger partial charge < -0.3 is 15.1 Å². The molecule has 17 heavy (non-hydrogen) atoms. The van der Waals surface area contributed by atoms with Crippen molar-refractivity contribution in [3.63, 3.8) is 0 Å². The van der Waals surface area contributed by atoms with E-state index in [9.17, 15) is 0 Å². The van der Waals surface area contributed by atoms with Crippen molar-refractivity contribution in [2.75, 3.05) is 5.73 Å². The molecule has 3 N–H and O–H groups in total. The number of nitriles is 1. The van der Waals surface area contributed by atoms with Gasteiger partial charge in [0, 0.05) is 5.56 Å². The van der Waals surface area contributed by atoms with Gasteiger partial charge in [0.05, 0.1) is 18.4 Å². The van der Waals surface area contributed by atoms with Gasteiger partial charge in [0.2, 0.25) is 5.69 Å². The minimum atomic E-state index is 0.135. The Kier molecular flexibility index (Phi) is 2.65. The number of pyridine rings is 1. The molecule has 82 valence electrons. The second-order valence-electron chi connectivity index (χ2n) is 3.17. The van der Waals surface area contributed by atoms with Crippen LogP contribution in [0, 0.1) is 22.5 Å². The maximum atomic E-state index is 9.09. The van der Waals surface area contributed by atoms with Crippen LogP contribution in [-0.4, -0.2) is 4.98 Å². The summed E-state index contributed by atoms with van der Waals surface area (Å²) in [4.78, 5) is 5.94. The van der Waals surface area contributed by atoms with Crippen molar-refractivity contribution in [1.82, 2.24) is 4.98 Å². The van der Waals surface area contributed by atoms with Gasteiger partial charge in [0.1, 0.15) is 22.3 Å². The van der Waals surface area contributed by atoms with E-state index >= 15 is 0 Å². The summed E-state index contributed by atoms with van der Waals surface area (Å²) >= 11 is 5.01. The molecule has 0 saturated carbocycles. The molecule has 2 heterocycles. The van der Waals surface area contributed by atoms with Gasteiger partial charge in [0.25, 0.3) is 0 Å². The summed E-state index contributed by atoms with van der Waals surface area (Å²) < 4.78 is 5.40. The van der Waals surface area contributed by atoms with Crippen molar-refractivity contribution in [1.29, 1.82) is 5.26 Å². The molecule has 6 heteroatoms. The van der Waals surface area contributed by atoms with Crippen LogP contribution < -0.4 is 5.73 Å². The average molecular weight is 242 g/mol. The average Bonchev–Trinajstić information content (AvgIpc) is 2.81. The van der Waals surface area contributed by atoms with Gasteiger partial charge in [-0.3, -0.25) is 0 Å². The predicted octanol–water partition coefficient (Wildman–Crippen LogP) is 3.01. The molecule has 0 fully saturated rings. The molecule has 0 spiro atoms. The van der Waals surface area contributed by atoms with Crippen molar-refractivity contribution in [2.45, 2.75) is 0 Å². The lowest BCUT2D eigenvalue weighted by Gasteiger charge is -2.06. The van der Waals surface area contributed by atoms with E-state index in [-0.39, 0.29) is 21.7 Å². The van der Waals surface area contributed by atoms with Gasteiger partial charge in [-0.15, -0.1) is 0 Å². The molecule has 2 aromatic rings. The maximum Gasteiger partial charge on any atom is 0.237 e. The third-order valence-electron chi connectivity index (χ3n) is 2.21. The summed E-state index contributed by atoms with van der Waals surface area (Å²) in [6.07, 6.45) is 1.46. The Hall–Kier alpha value is -2.57. The summed E-state index contributed by atoms with van der Waals surface area (Å²) in [7, 11) is 0. The highest BCUT2D eigenvalue weighted by Gasteiger charge is 2.18. The minimum Gasteiger partial charge on any atom is -0.466 e. The number of nitrogens with one attached hydrogen (secondary N) is 1. The number of aromatic nitrogens is 1. The Morgan fingerprint density at radius 2 is 2.35 bits per heavy atom. The normalized spacial score (nSPS) is 9.53. The third-order valence-corrected chi connectivity index (χ3v) is 2.51. The van der Waals surface area contributed by atoms with E-state index in [4.69, 9.17) is 34.2 Å². The van der Waals surface area contributed by atoms with Crippen LogP contribution in [0.5, 0.6) is 0 Å². The number of hydrogen-bond acceptors (Lipinski definition) is 4. The SMILES string of the molecule is [C-]#[N+]c1c(N)[nH]c(=S)c(C#N)c1-c1ccco1. The Morgan fingerprint density at radius 1 is 1.59 bits per heavy atom. The fraction of sp³-hybridized carbons (Fsp3) is 0. The first-order valence-electron chi connectivity index (χ1n) is 4.56. The smallest absolute Gasteiger partial charge is 0.237 e. The number of H-pyrrole nitrogens is 1. The van der Waals surface area contributed by atoms with Crippen LogP contribution in [0.1, 0.15) is 5.56 Å². The molecule has 0 radical (unpaired) electrons. The number of anilines is 1. The fourth-order valence-electron chi connectivity index (χ4n) is 1.49. The van der Waals surface area contributed by atoms with Gasteiger partial charge in [0.15, 0.2) is 0 Å². The summed E-state index contributed by atoms with van der Waals surface area (Å²) in [5.74, 6) is 0.537. The van der Waals surface area contributed by atoms with Crippen molar-refractivity contribution in [3.8, 4) is 17.4 Å². The molecule has 0 aliphatic carbocycles. The third kappa shape index (κ3) is 1.67. The van der Waals surface area contributed by atoms with Crippen LogP contribution >= 0.6 is 12.2 Å². The summed E-state index contributed by atoms with van der Waals surface area (Å²) in [6, 6.07) is 5.28. The Labute approximate surface area is 102 Å². The van der Waals surface area contributed by atoms with E-state index < -0.39 is 0 Å². The zero-order valence-electron chi connectivity index (χ0n) is 8.52. The standard InChI is InChI=1S/C11H6N4OS/c1-14-9-8(7-3-2-4-16-7)6(5-12)11(17)15-10(9)13/h2-4H,(H3,13,15,17). The second kappa shape index (κ2) is 4.12. The number of nitrogen functional groups attached to an aromatic ring is 1. The molecule has 0 amide bonds. The second-order valence-corrected chi connectivity index (χ2v) is 3.58. The Morgan fingerprint density at radius 3 is 2.88 bits per heavy atom. The largest absolute Gasteiger partial charge is 0.466 e. The van der Waals surface area contributed by atoms with Crippen molar-refractivity contribution >= 4 is 23.7 Å². The molecule has 0 aromatic carbocycles. The molecule has 2 aromatic heterocycles. The Balaban J connectivity index is 2.95. The highest BCUT2D eigenvalue weighted by Crippen LogP contribution is 2.37. The first-order chi connectivity index (χ1) is 8.19.